The van der Waals surface area contributed by atoms with E-state index in [2.05, 4.69) is 9.97 Å². The van der Waals surface area contributed by atoms with Gasteiger partial charge in [0.2, 0.25) is 0 Å². The maximum Gasteiger partial charge on any atom is 0.136 e. The molecule has 4 rings (SSSR count). The first-order valence-corrected chi connectivity index (χ1v) is 6.95. The first-order chi connectivity index (χ1) is 10.8. The average molecular weight is 289 g/mol. The van der Waals surface area contributed by atoms with Gasteiger partial charge in [-0.2, -0.15) is 0 Å². The summed E-state index contributed by atoms with van der Waals surface area (Å²) in [4.78, 5) is 8.72. The fourth-order valence-electron chi connectivity index (χ4n) is 2.56. The van der Waals surface area contributed by atoms with Gasteiger partial charge in [0.25, 0.3) is 0 Å². The molecule has 0 aliphatic carbocycles. The van der Waals surface area contributed by atoms with E-state index in [1.807, 2.05) is 41.1 Å². The van der Waals surface area contributed by atoms with Crippen LogP contribution in [0, 0.1) is 5.82 Å². The molecule has 3 nitrogen and oxygen atoms in total. The molecule has 3 heterocycles. The lowest BCUT2D eigenvalue weighted by atomic mass is 10.0. The van der Waals surface area contributed by atoms with Crippen molar-refractivity contribution in [2.45, 2.75) is 0 Å². The predicted molar refractivity (Wildman–Crippen MR) is 83.8 cm³/mol. The number of nitrogens with zero attached hydrogens (tertiary/aromatic N) is 3. The van der Waals surface area contributed by atoms with Crippen LogP contribution in [0.15, 0.2) is 73.3 Å². The maximum atomic E-state index is 13.1. The van der Waals surface area contributed by atoms with Crippen molar-refractivity contribution in [2.24, 2.45) is 0 Å². The average Bonchev–Trinajstić information content (AvgIpc) is 3.03. The van der Waals surface area contributed by atoms with Crippen LogP contribution in [0.5, 0.6) is 0 Å². The summed E-state index contributed by atoms with van der Waals surface area (Å²) in [6.45, 7) is 0. The number of aromatic nitrogens is 3. The molecule has 0 radical (unpaired) electrons. The molecule has 0 saturated heterocycles. The molecule has 0 unspecified atom stereocenters. The molecule has 0 fully saturated rings. The highest BCUT2D eigenvalue weighted by atomic mass is 19.1. The first-order valence-electron chi connectivity index (χ1n) is 6.95. The van der Waals surface area contributed by atoms with E-state index in [4.69, 9.17) is 0 Å². The van der Waals surface area contributed by atoms with Crippen LogP contribution in [0.2, 0.25) is 0 Å². The van der Waals surface area contributed by atoms with Gasteiger partial charge < -0.3 is 4.40 Å². The number of fused-ring (bicyclic) bond motifs is 1. The van der Waals surface area contributed by atoms with Gasteiger partial charge in [-0.25, -0.2) is 9.37 Å². The van der Waals surface area contributed by atoms with E-state index in [1.54, 1.807) is 24.5 Å². The Bertz CT molecular complexity index is 942. The Balaban J connectivity index is 1.89. The van der Waals surface area contributed by atoms with Crippen LogP contribution in [0.1, 0.15) is 0 Å². The van der Waals surface area contributed by atoms with Gasteiger partial charge in [-0.15, -0.1) is 0 Å². The minimum Gasteiger partial charge on any atom is -0.306 e. The number of halogens is 1. The SMILES string of the molecule is Fc1ccc(-c2ncccc2-c2ccc3nccn3c2)cc1. The lowest BCUT2D eigenvalue weighted by Crippen LogP contribution is -1.91. The van der Waals surface area contributed by atoms with Gasteiger partial charge in [0.15, 0.2) is 0 Å². The van der Waals surface area contributed by atoms with Crippen molar-refractivity contribution in [2.75, 3.05) is 0 Å². The Morgan fingerprint density at radius 1 is 0.818 bits per heavy atom. The quantitative estimate of drug-likeness (QED) is 0.553. The Morgan fingerprint density at radius 2 is 1.64 bits per heavy atom. The van der Waals surface area contributed by atoms with Crippen LogP contribution in [0.4, 0.5) is 4.39 Å². The molecule has 4 aromatic rings. The molecule has 4 heteroatoms. The van der Waals surface area contributed by atoms with Crippen LogP contribution in [0.25, 0.3) is 28.0 Å². The van der Waals surface area contributed by atoms with E-state index >= 15 is 0 Å². The zero-order valence-corrected chi connectivity index (χ0v) is 11.6. The second-order valence-corrected chi connectivity index (χ2v) is 5.02. The summed E-state index contributed by atoms with van der Waals surface area (Å²) < 4.78 is 15.1. The fraction of sp³-hybridized carbons (Fsp3) is 0. The third-order valence-electron chi connectivity index (χ3n) is 3.63. The molecule has 0 atom stereocenters. The summed E-state index contributed by atoms with van der Waals surface area (Å²) in [5.41, 5.74) is 4.67. The van der Waals surface area contributed by atoms with Crippen molar-refractivity contribution in [3.05, 3.63) is 79.1 Å². The number of hydrogen-bond acceptors (Lipinski definition) is 2. The molecular weight excluding hydrogens is 277 g/mol. The van der Waals surface area contributed by atoms with E-state index in [0.29, 0.717) is 0 Å². The van der Waals surface area contributed by atoms with Crippen molar-refractivity contribution in [1.29, 1.82) is 0 Å². The molecule has 3 aromatic heterocycles. The normalized spacial score (nSPS) is 11.0. The van der Waals surface area contributed by atoms with Crippen molar-refractivity contribution in [3.8, 4) is 22.4 Å². The third-order valence-corrected chi connectivity index (χ3v) is 3.63. The van der Waals surface area contributed by atoms with E-state index in [0.717, 1.165) is 28.0 Å². The highest BCUT2D eigenvalue weighted by Gasteiger charge is 2.09. The number of benzene rings is 1. The molecule has 0 aliphatic rings. The Labute approximate surface area is 126 Å². The van der Waals surface area contributed by atoms with Crippen LogP contribution in [0.3, 0.4) is 0 Å². The zero-order chi connectivity index (χ0) is 14.9. The van der Waals surface area contributed by atoms with Crippen LogP contribution in [-0.2, 0) is 0 Å². The van der Waals surface area contributed by atoms with Gasteiger partial charge in [-0.05, 0) is 42.5 Å². The van der Waals surface area contributed by atoms with Crippen molar-refractivity contribution >= 4 is 5.65 Å². The van der Waals surface area contributed by atoms with Gasteiger partial charge in [0.05, 0.1) is 5.69 Å². The molecule has 1 aromatic carbocycles. The molecule has 0 bridgehead atoms. The monoisotopic (exact) mass is 289 g/mol. The van der Waals surface area contributed by atoms with E-state index in [9.17, 15) is 4.39 Å². The van der Waals surface area contributed by atoms with Crippen molar-refractivity contribution < 1.29 is 4.39 Å². The van der Waals surface area contributed by atoms with Crippen LogP contribution >= 0.6 is 0 Å². The molecule has 0 amide bonds. The summed E-state index contributed by atoms with van der Waals surface area (Å²) in [6.07, 6.45) is 7.44. The van der Waals surface area contributed by atoms with Gasteiger partial charge in [-0.3, -0.25) is 4.98 Å². The third kappa shape index (κ3) is 2.15. The van der Waals surface area contributed by atoms with E-state index < -0.39 is 0 Å². The van der Waals surface area contributed by atoms with Crippen molar-refractivity contribution in [1.82, 2.24) is 14.4 Å². The van der Waals surface area contributed by atoms with E-state index in [1.165, 1.54) is 12.1 Å². The number of hydrogen-bond donors (Lipinski definition) is 0. The maximum absolute atomic E-state index is 13.1. The molecule has 0 aliphatic heterocycles. The smallest absolute Gasteiger partial charge is 0.136 e. The summed E-state index contributed by atoms with van der Waals surface area (Å²) in [7, 11) is 0. The predicted octanol–water partition coefficient (Wildman–Crippen LogP) is 4.20. The van der Waals surface area contributed by atoms with Crippen LogP contribution < -0.4 is 0 Å². The number of pyridine rings is 2. The first kappa shape index (κ1) is 12.7. The summed E-state index contributed by atoms with van der Waals surface area (Å²) in [6, 6.07) is 14.3. The Morgan fingerprint density at radius 3 is 2.50 bits per heavy atom. The standard InChI is InChI=1S/C18H12FN3/c19-15-6-3-13(4-7-15)18-16(2-1-9-21-18)14-5-8-17-20-10-11-22(17)12-14/h1-12H. The fourth-order valence-corrected chi connectivity index (χ4v) is 2.56. The minimum absolute atomic E-state index is 0.249. The molecule has 0 N–H and O–H groups in total. The molecular formula is C18H12FN3. The minimum atomic E-state index is -0.249. The lowest BCUT2D eigenvalue weighted by Gasteiger charge is -2.09. The summed E-state index contributed by atoms with van der Waals surface area (Å²) in [5, 5.41) is 0. The van der Waals surface area contributed by atoms with Gasteiger partial charge in [0, 0.05) is 41.5 Å². The molecule has 22 heavy (non-hydrogen) atoms. The number of imidazole rings is 1. The zero-order valence-electron chi connectivity index (χ0n) is 11.6. The second-order valence-electron chi connectivity index (χ2n) is 5.02. The Hall–Kier alpha value is -3.01. The highest BCUT2D eigenvalue weighted by Crippen LogP contribution is 2.30. The highest BCUT2D eigenvalue weighted by molar-refractivity contribution is 5.80. The number of rotatable bonds is 2. The van der Waals surface area contributed by atoms with E-state index in [-0.39, 0.29) is 5.82 Å². The summed E-state index contributed by atoms with van der Waals surface area (Å²) >= 11 is 0. The van der Waals surface area contributed by atoms with Crippen molar-refractivity contribution in [3.63, 3.8) is 0 Å². The molecule has 0 saturated carbocycles. The van der Waals surface area contributed by atoms with Gasteiger partial charge >= 0.3 is 0 Å². The second kappa shape index (κ2) is 5.07. The van der Waals surface area contributed by atoms with Crippen LogP contribution in [-0.4, -0.2) is 14.4 Å². The summed E-state index contributed by atoms with van der Waals surface area (Å²) in [5.74, 6) is -0.249. The topological polar surface area (TPSA) is 30.2 Å². The largest absolute Gasteiger partial charge is 0.306 e. The van der Waals surface area contributed by atoms with Gasteiger partial charge in [-0.1, -0.05) is 6.07 Å². The lowest BCUT2D eigenvalue weighted by molar-refractivity contribution is 0.628. The van der Waals surface area contributed by atoms with Gasteiger partial charge in [0.1, 0.15) is 11.5 Å². The Kier molecular flexibility index (Phi) is 2.93. The molecule has 0 spiro atoms. The molecule has 106 valence electrons.